The first-order valence-corrected chi connectivity index (χ1v) is 15.8. The summed E-state index contributed by atoms with van der Waals surface area (Å²) in [5, 5.41) is 21.7. The summed E-state index contributed by atoms with van der Waals surface area (Å²) < 4.78 is 22.7. The summed E-state index contributed by atoms with van der Waals surface area (Å²) in [5.74, 6) is 1.51. The second-order valence-corrected chi connectivity index (χ2v) is 11.4. The zero-order chi connectivity index (χ0) is 34.3. The Morgan fingerprint density at radius 1 is 0.833 bits per heavy atom. The zero-order valence-electron chi connectivity index (χ0n) is 26.9. The molecule has 0 saturated carbocycles. The van der Waals surface area contributed by atoms with Crippen molar-refractivity contribution in [1.82, 2.24) is 0 Å². The zero-order valence-corrected chi connectivity index (χ0v) is 26.9. The van der Waals surface area contributed by atoms with E-state index in [1.54, 1.807) is 36.4 Å². The maximum absolute atomic E-state index is 10.8. The molecular weight excluding hydrogens is 612 g/mol. The molecular formula is C38H40N2O8. The fourth-order valence-electron chi connectivity index (χ4n) is 6.14. The van der Waals surface area contributed by atoms with Gasteiger partial charge in [0.1, 0.15) is 40.3 Å². The van der Waals surface area contributed by atoms with Gasteiger partial charge in [0.25, 0.3) is 11.8 Å². The summed E-state index contributed by atoms with van der Waals surface area (Å²) in [7, 11) is 0. The van der Waals surface area contributed by atoms with Gasteiger partial charge in [0, 0.05) is 22.9 Å². The third-order valence-electron chi connectivity index (χ3n) is 8.46. The summed E-state index contributed by atoms with van der Waals surface area (Å²) in [4.78, 5) is 21.5. The Kier molecular flexibility index (Phi) is 10.7. The molecule has 4 aromatic carbocycles. The van der Waals surface area contributed by atoms with E-state index in [9.17, 15) is 19.8 Å². The number of carbonyl (C=O) groups excluding carboxylic acids is 2. The number of aryl methyl sites for hydroxylation is 1. The number of aliphatic hydroxyl groups is 2. The van der Waals surface area contributed by atoms with Crippen LogP contribution in [0.1, 0.15) is 60.3 Å². The molecule has 6 rings (SSSR count). The van der Waals surface area contributed by atoms with Crippen molar-refractivity contribution >= 4 is 22.8 Å². The number of hydrogen-bond donors (Lipinski definition) is 4. The minimum Gasteiger partial charge on any atom is -0.484 e. The topological polar surface area (TPSA) is 167 Å². The SMILES string of the molecule is CCC1(c2ccc(OCC(N)=O)cc2)Oc2ccccc2C1CO.CCc1oc2ccccc2c1C(O)c1ccc(OCC(N)=O)cc1. The van der Waals surface area contributed by atoms with Crippen molar-refractivity contribution < 1.29 is 38.4 Å². The highest BCUT2D eigenvalue weighted by Crippen LogP contribution is 2.52. The summed E-state index contributed by atoms with van der Waals surface area (Å²) in [6, 6.07) is 29.8. The molecule has 1 aromatic heterocycles. The van der Waals surface area contributed by atoms with E-state index >= 15 is 0 Å². The van der Waals surface area contributed by atoms with Gasteiger partial charge in [-0.25, -0.2) is 0 Å². The van der Waals surface area contributed by atoms with Crippen LogP contribution in [0.25, 0.3) is 11.0 Å². The number of furan rings is 1. The molecule has 3 unspecified atom stereocenters. The molecule has 2 heterocycles. The van der Waals surface area contributed by atoms with Crippen LogP contribution >= 0.6 is 0 Å². The minimum atomic E-state index is -0.797. The molecule has 1 aliphatic heterocycles. The molecule has 0 aliphatic carbocycles. The fourth-order valence-corrected chi connectivity index (χ4v) is 6.14. The molecule has 2 amide bonds. The van der Waals surface area contributed by atoms with Crippen molar-refractivity contribution in [2.45, 2.75) is 44.3 Å². The quantitative estimate of drug-likeness (QED) is 0.141. The van der Waals surface area contributed by atoms with E-state index < -0.39 is 23.5 Å². The largest absolute Gasteiger partial charge is 0.484 e. The van der Waals surface area contributed by atoms with E-state index in [1.807, 2.05) is 74.5 Å². The molecule has 10 nitrogen and oxygen atoms in total. The second kappa shape index (κ2) is 15.1. The maximum Gasteiger partial charge on any atom is 0.255 e. The molecule has 250 valence electrons. The average molecular weight is 653 g/mol. The predicted molar refractivity (Wildman–Crippen MR) is 181 cm³/mol. The van der Waals surface area contributed by atoms with Crippen molar-refractivity contribution in [3.05, 3.63) is 125 Å². The molecule has 10 heteroatoms. The number of primary amides is 2. The van der Waals surface area contributed by atoms with E-state index in [0.717, 1.165) is 44.7 Å². The van der Waals surface area contributed by atoms with Gasteiger partial charge in [0.05, 0.1) is 12.5 Å². The van der Waals surface area contributed by atoms with Crippen molar-refractivity contribution in [3.63, 3.8) is 0 Å². The van der Waals surface area contributed by atoms with Gasteiger partial charge < -0.3 is 40.3 Å². The van der Waals surface area contributed by atoms with Crippen LogP contribution in [-0.2, 0) is 21.6 Å². The third kappa shape index (κ3) is 7.15. The van der Waals surface area contributed by atoms with Crippen LogP contribution in [0, 0.1) is 0 Å². The second-order valence-electron chi connectivity index (χ2n) is 11.4. The lowest BCUT2D eigenvalue weighted by atomic mass is 9.78. The summed E-state index contributed by atoms with van der Waals surface area (Å²) in [5.41, 5.74) is 13.8. The normalized spacial score (nSPS) is 17.0. The Labute approximate surface area is 278 Å². The molecule has 6 N–H and O–H groups in total. The van der Waals surface area contributed by atoms with Crippen LogP contribution in [-0.4, -0.2) is 41.8 Å². The van der Waals surface area contributed by atoms with Gasteiger partial charge in [-0.1, -0.05) is 74.5 Å². The number of hydrogen-bond acceptors (Lipinski definition) is 8. The third-order valence-corrected chi connectivity index (χ3v) is 8.46. The maximum atomic E-state index is 10.8. The van der Waals surface area contributed by atoms with Crippen LogP contribution in [0.3, 0.4) is 0 Å². The number of carbonyl (C=O) groups is 2. The van der Waals surface area contributed by atoms with E-state index in [2.05, 4.69) is 0 Å². The lowest BCUT2D eigenvalue weighted by molar-refractivity contribution is -0.120. The Balaban J connectivity index is 0.000000188. The highest BCUT2D eigenvalue weighted by Gasteiger charge is 2.48. The molecule has 0 radical (unpaired) electrons. The molecule has 0 saturated heterocycles. The standard InChI is InChI=1S/C19H21NO4.C19H19NO4/c1-2-19(13-7-9-14(10-8-13)23-12-18(20)22)16(11-21)15-5-3-4-6-17(15)24-19;1-2-15-18(14-5-3-4-6-16(14)24-15)19(22)12-7-9-13(10-8-12)23-11-17(20)21/h3-10,16,21H,2,11-12H2,1H3,(H2,20,22);3-10,19,22H,2,11H2,1H3,(H2,20,21). The van der Waals surface area contributed by atoms with Crippen LogP contribution in [0.5, 0.6) is 17.2 Å². The Morgan fingerprint density at radius 2 is 1.42 bits per heavy atom. The first kappa shape index (κ1) is 34.0. The first-order chi connectivity index (χ1) is 23.2. The lowest BCUT2D eigenvalue weighted by Crippen LogP contribution is -2.36. The Hall–Kier alpha value is -5.32. The number of fused-ring (bicyclic) bond motifs is 2. The molecule has 1 aliphatic rings. The molecule has 0 spiro atoms. The van der Waals surface area contributed by atoms with Gasteiger partial charge >= 0.3 is 0 Å². The number of amides is 2. The van der Waals surface area contributed by atoms with Gasteiger partial charge in [0.15, 0.2) is 13.2 Å². The summed E-state index contributed by atoms with van der Waals surface area (Å²) in [6.07, 6.45) is 0.615. The highest BCUT2D eigenvalue weighted by molar-refractivity contribution is 5.83. The minimum absolute atomic E-state index is 0.00474. The van der Waals surface area contributed by atoms with Crippen LogP contribution < -0.4 is 25.7 Å². The average Bonchev–Trinajstić information content (AvgIpc) is 3.66. The molecule has 0 fully saturated rings. The predicted octanol–water partition coefficient (Wildman–Crippen LogP) is 5.27. The van der Waals surface area contributed by atoms with E-state index in [-0.39, 0.29) is 25.7 Å². The smallest absolute Gasteiger partial charge is 0.255 e. The van der Waals surface area contributed by atoms with Gasteiger partial charge in [-0.3, -0.25) is 9.59 Å². The number of nitrogens with two attached hydrogens (primary N) is 2. The van der Waals surface area contributed by atoms with E-state index in [1.165, 1.54) is 0 Å². The fraction of sp³-hybridized carbons (Fsp3) is 0.263. The summed E-state index contributed by atoms with van der Waals surface area (Å²) in [6.45, 7) is 3.72. The Morgan fingerprint density at radius 3 is 2.00 bits per heavy atom. The van der Waals surface area contributed by atoms with Gasteiger partial charge in [-0.05, 0) is 53.9 Å². The van der Waals surface area contributed by atoms with Crippen LogP contribution in [0.2, 0.25) is 0 Å². The highest BCUT2D eigenvalue weighted by atomic mass is 16.5. The Bertz CT molecular complexity index is 1850. The molecule has 0 bridgehead atoms. The van der Waals surface area contributed by atoms with Gasteiger partial charge in [0.2, 0.25) is 0 Å². The number of aliphatic hydroxyl groups excluding tert-OH is 2. The monoisotopic (exact) mass is 652 g/mol. The lowest BCUT2D eigenvalue weighted by Gasteiger charge is -2.33. The number of ether oxygens (including phenoxy) is 3. The summed E-state index contributed by atoms with van der Waals surface area (Å²) >= 11 is 0. The van der Waals surface area contributed by atoms with E-state index in [0.29, 0.717) is 24.3 Å². The van der Waals surface area contributed by atoms with Crippen molar-refractivity contribution in [1.29, 1.82) is 0 Å². The van der Waals surface area contributed by atoms with Crippen LogP contribution in [0.4, 0.5) is 0 Å². The molecule has 48 heavy (non-hydrogen) atoms. The van der Waals surface area contributed by atoms with Gasteiger partial charge in [-0.2, -0.15) is 0 Å². The van der Waals surface area contributed by atoms with E-state index in [4.69, 9.17) is 30.1 Å². The molecule has 5 aromatic rings. The molecule has 3 atom stereocenters. The number of benzene rings is 4. The van der Waals surface area contributed by atoms with Crippen molar-refractivity contribution in [3.8, 4) is 17.2 Å². The van der Waals surface area contributed by atoms with Crippen LogP contribution in [0.15, 0.2) is 101 Å². The van der Waals surface area contributed by atoms with Gasteiger partial charge in [-0.15, -0.1) is 0 Å². The number of para-hydroxylation sites is 2. The first-order valence-electron chi connectivity index (χ1n) is 15.8. The van der Waals surface area contributed by atoms with Crippen molar-refractivity contribution in [2.24, 2.45) is 11.5 Å². The van der Waals surface area contributed by atoms with Crippen molar-refractivity contribution in [2.75, 3.05) is 19.8 Å². The number of rotatable bonds is 12.